The van der Waals surface area contributed by atoms with Gasteiger partial charge < -0.3 is 14.7 Å². The fraction of sp³-hybridized carbons (Fsp3) is 0.385. The monoisotopic (exact) mass is 244 g/mol. The number of para-hydroxylation sites is 1. The number of hydrogen-bond donors (Lipinski definition) is 1. The Balaban J connectivity index is 1.91. The first-order valence-electron chi connectivity index (χ1n) is 6.15. The van der Waals surface area contributed by atoms with Gasteiger partial charge in [0.2, 0.25) is 5.89 Å². The van der Waals surface area contributed by atoms with Gasteiger partial charge in [0.15, 0.2) is 6.33 Å². The Morgan fingerprint density at radius 3 is 3.17 bits per heavy atom. The Morgan fingerprint density at radius 2 is 2.33 bits per heavy atom. The number of hydrogen-bond acceptors (Lipinski definition) is 5. The Kier molecular flexibility index (Phi) is 2.98. The van der Waals surface area contributed by atoms with Crippen LogP contribution in [-0.4, -0.2) is 22.7 Å². The summed E-state index contributed by atoms with van der Waals surface area (Å²) in [6.45, 7) is 4.67. The minimum absolute atomic E-state index is 0.431. The van der Waals surface area contributed by atoms with Crippen LogP contribution in [0.1, 0.15) is 18.4 Å². The summed E-state index contributed by atoms with van der Waals surface area (Å²) in [6.07, 6.45) is 1.45. The van der Waals surface area contributed by atoms with Crippen LogP contribution in [0.15, 0.2) is 35.1 Å². The maximum atomic E-state index is 5.10. The Labute approximate surface area is 106 Å². The highest BCUT2D eigenvalue weighted by atomic mass is 16.5. The minimum Gasteiger partial charge on any atom is -0.360 e. The predicted octanol–water partition coefficient (Wildman–Crippen LogP) is 1.57. The number of aromatic nitrogens is 2. The highest BCUT2D eigenvalue weighted by Crippen LogP contribution is 2.24. The van der Waals surface area contributed by atoms with E-state index in [0.717, 1.165) is 13.1 Å². The third-order valence-electron chi connectivity index (χ3n) is 3.20. The second-order valence-corrected chi connectivity index (χ2v) is 4.63. The second-order valence-electron chi connectivity index (χ2n) is 4.63. The minimum atomic E-state index is 0.431. The fourth-order valence-corrected chi connectivity index (χ4v) is 2.33. The lowest BCUT2D eigenvalue weighted by molar-refractivity contribution is 0.373. The summed E-state index contributed by atoms with van der Waals surface area (Å²) in [5, 5.41) is 7.16. The summed E-state index contributed by atoms with van der Waals surface area (Å²) in [5.41, 5.74) is 2.55. The van der Waals surface area contributed by atoms with Gasteiger partial charge in [0.25, 0.3) is 0 Å². The molecule has 1 aliphatic heterocycles. The van der Waals surface area contributed by atoms with Gasteiger partial charge in [-0.25, -0.2) is 0 Å². The smallest absolute Gasteiger partial charge is 0.245 e. The molecule has 1 aromatic carbocycles. The quantitative estimate of drug-likeness (QED) is 0.869. The summed E-state index contributed by atoms with van der Waals surface area (Å²) in [6, 6.07) is 8.87. The molecule has 0 saturated heterocycles. The molecule has 0 bridgehead atoms. The van der Waals surface area contributed by atoms with Crippen LogP contribution in [0.2, 0.25) is 0 Å². The van der Waals surface area contributed by atoms with E-state index >= 15 is 0 Å². The van der Waals surface area contributed by atoms with Crippen molar-refractivity contribution in [3.8, 4) is 0 Å². The van der Waals surface area contributed by atoms with Crippen molar-refractivity contribution in [2.75, 3.05) is 11.4 Å². The van der Waals surface area contributed by atoms with Gasteiger partial charge in [-0.05, 0) is 18.6 Å². The molecule has 0 radical (unpaired) electrons. The molecule has 1 aromatic heterocycles. The molecule has 1 N–H and O–H groups in total. The highest BCUT2D eigenvalue weighted by Gasteiger charge is 2.20. The van der Waals surface area contributed by atoms with E-state index in [1.807, 2.05) is 0 Å². The summed E-state index contributed by atoms with van der Waals surface area (Å²) in [5.74, 6) is 0.652. The molecule has 3 rings (SSSR count). The van der Waals surface area contributed by atoms with Crippen LogP contribution < -0.4 is 10.2 Å². The lowest BCUT2D eigenvalue weighted by Gasteiger charge is -2.24. The van der Waals surface area contributed by atoms with Crippen LogP contribution in [-0.2, 0) is 13.1 Å². The van der Waals surface area contributed by atoms with E-state index in [1.54, 1.807) is 0 Å². The van der Waals surface area contributed by atoms with E-state index in [9.17, 15) is 0 Å². The number of nitrogens with zero attached hydrogens (tertiary/aromatic N) is 3. The van der Waals surface area contributed by atoms with Crippen molar-refractivity contribution < 1.29 is 4.52 Å². The van der Waals surface area contributed by atoms with Crippen LogP contribution >= 0.6 is 0 Å². The Morgan fingerprint density at radius 1 is 1.44 bits per heavy atom. The first kappa shape index (κ1) is 11.2. The van der Waals surface area contributed by atoms with Gasteiger partial charge >= 0.3 is 0 Å². The van der Waals surface area contributed by atoms with Crippen molar-refractivity contribution in [1.29, 1.82) is 0 Å². The standard InChI is InChI=1S/C13H16N4O/c1-10-7-17(8-13-15-9-16-18-13)12-5-3-2-4-11(12)6-14-10/h2-5,9-10,14H,6-8H2,1H3. The zero-order chi connectivity index (χ0) is 12.4. The van der Waals surface area contributed by atoms with Crippen molar-refractivity contribution in [1.82, 2.24) is 15.5 Å². The van der Waals surface area contributed by atoms with E-state index < -0.39 is 0 Å². The molecule has 0 amide bonds. The molecule has 5 heteroatoms. The Hall–Kier alpha value is -1.88. The lowest BCUT2D eigenvalue weighted by atomic mass is 10.1. The average molecular weight is 244 g/mol. The van der Waals surface area contributed by atoms with E-state index in [1.165, 1.54) is 17.6 Å². The SMILES string of the molecule is CC1CN(Cc2ncno2)c2ccccc2CN1. The zero-order valence-electron chi connectivity index (χ0n) is 10.3. The second kappa shape index (κ2) is 4.78. The lowest BCUT2D eigenvalue weighted by Crippen LogP contribution is -2.35. The van der Waals surface area contributed by atoms with Crippen molar-refractivity contribution in [2.45, 2.75) is 26.1 Å². The van der Waals surface area contributed by atoms with E-state index in [0.29, 0.717) is 18.5 Å². The number of benzene rings is 1. The topological polar surface area (TPSA) is 54.2 Å². The molecule has 5 nitrogen and oxygen atoms in total. The molecule has 1 atom stereocenters. The molecule has 1 unspecified atom stereocenters. The Bertz CT molecular complexity index is 511. The van der Waals surface area contributed by atoms with Gasteiger partial charge in [-0.1, -0.05) is 23.4 Å². The molecule has 18 heavy (non-hydrogen) atoms. The van der Waals surface area contributed by atoms with Crippen LogP contribution in [0, 0.1) is 0 Å². The summed E-state index contributed by atoms with van der Waals surface area (Å²) < 4.78 is 5.10. The van der Waals surface area contributed by atoms with Crippen molar-refractivity contribution in [2.24, 2.45) is 0 Å². The maximum absolute atomic E-state index is 5.10. The molecule has 1 aliphatic rings. The predicted molar refractivity (Wildman–Crippen MR) is 68.1 cm³/mol. The van der Waals surface area contributed by atoms with Gasteiger partial charge in [0.1, 0.15) is 0 Å². The number of nitrogens with one attached hydrogen (secondary N) is 1. The summed E-state index contributed by atoms with van der Waals surface area (Å²) in [7, 11) is 0. The van der Waals surface area contributed by atoms with Crippen LogP contribution in [0.5, 0.6) is 0 Å². The van der Waals surface area contributed by atoms with Crippen LogP contribution in [0.25, 0.3) is 0 Å². The molecule has 0 spiro atoms. The maximum Gasteiger partial charge on any atom is 0.245 e. The summed E-state index contributed by atoms with van der Waals surface area (Å²) in [4.78, 5) is 6.38. The van der Waals surface area contributed by atoms with E-state index in [2.05, 4.69) is 51.5 Å². The van der Waals surface area contributed by atoms with E-state index in [4.69, 9.17) is 4.52 Å². The van der Waals surface area contributed by atoms with Crippen LogP contribution in [0.3, 0.4) is 0 Å². The largest absolute Gasteiger partial charge is 0.360 e. The van der Waals surface area contributed by atoms with Gasteiger partial charge in [-0.15, -0.1) is 0 Å². The molecule has 2 aromatic rings. The molecular formula is C13H16N4O. The average Bonchev–Trinajstić information content (AvgIpc) is 2.83. The molecule has 0 saturated carbocycles. The molecule has 0 fully saturated rings. The van der Waals surface area contributed by atoms with Gasteiger partial charge in [-0.2, -0.15) is 4.98 Å². The first-order valence-corrected chi connectivity index (χ1v) is 6.15. The fourth-order valence-electron chi connectivity index (χ4n) is 2.33. The van der Waals surface area contributed by atoms with Crippen molar-refractivity contribution >= 4 is 5.69 Å². The third-order valence-corrected chi connectivity index (χ3v) is 3.20. The molecule has 94 valence electrons. The zero-order valence-corrected chi connectivity index (χ0v) is 10.3. The molecule has 0 aliphatic carbocycles. The molecule has 2 heterocycles. The van der Waals surface area contributed by atoms with Gasteiger partial charge in [0.05, 0.1) is 6.54 Å². The normalized spacial score (nSPS) is 19.4. The van der Waals surface area contributed by atoms with Gasteiger partial charge in [0, 0.05) is 24.8 Å². The number of anilines is 1. The molecular weight excluding hydrogens is 228 g/mol. The number of fused-ring (bicyclic) bond motifs is 1. The highest BCUT2D eigenvalue weighted by molar-refractivity contribution is 5.54. The third kappa shape index (κ3) is 2.22. The van der Waals surface area contributed by atoms with Crippen molar-refractivity contribution in [3.63, 3.8) is 0 Å². The first-order chi connectivity index (χ1) is 8.83. The van der Waals surface area contributed by atoms with E-state index in [-0.39, 0.29) is 0 Å². The van der Waals surface area contributed by atoms with Crippen LogP contribution in [0.4, 0.5) is 5.69 Å². The summed E-state index contributed by atoms with van der Waals surface area (Å²) >= 11 is 0. The number of rotatable bonds is 2. The van der Waals surface area contributed by atoms with Crippen molar-refractivity contribution in [3.05, 3.63) is 42.0 Å². The van der Waals surface area contributed by atoms with Gasteiger partial charge in [-0.3, -0.25) is 0 Å².